The molecule has 9 heteroatoms. The third kappa shape index (κ3) is 5.55. The lowest BCUT2D eigenvalue weighted by molar-refractivity contribution is -0.140. The Hall–Kier alpha value is -3.23. The zero-order valence-corrected chi connectivity index (χ0v) is 21.2. The molecule has 2 aromatic rings. The topological polar surface area (TPSA) is 94.5 Å². The van der Waals surface area contributed by atoms with Crippen LogP contribution in [0.3, 0.4) is 0 Å². The summed E-state index contributed by atoms with van der Waals surface area (Å²) in [5, 5.41) is 11.7. The van der Waals surface area contributed by atoms with E-state index >= 15 is 0 Å². The first kappa shape index (κ1) is 26.4. The lowest BCUT2D eigenvalue weighted by Crippen LogP contribution is -2.31. The fraction of sp³-hybridized carbons (Fsp3) is 0.385. The van der Waals surface area contributed by atoms with E-state index in [1.54, 1.807) is 24.3 Å². The van der Waals surface area contributed by atoms with Crippen molar-refractivity contribution in [2.75, 3.05) is 34.5 Å². The summed E-state index contributed by atoms with van der Waals surface area (Å²) in [7, 11) is 4.39. The average Bonchev–Trinajstić information content (AvgIpc) is 3.10. The number of hydrogen-bond acceptors (Lipinski definition) is 7. The Bertz CT molecular complexity index is 1130. The van der Waals surface area contributed by atoms with Crippen LogP contribution in [0.1, 0.15) is 37.4 Å². The first-order chi connectivity index (χ1) is 16.7. The van der Waals surface area contributed by atoms with Crippen LogP contribution in [0.5, 0.6) is 17.2 Å². The molecule has 0 aliphatic carbocycles. The molecular weight excluding hydrogens is 474 g/mol. The van der Waals surface area contributed by atoms with Gasteiger partial charge in [-0.3, -0.25) is 9.59 Å². The zero-order valence-electron chi connectivity index (χ0n) is 20.5. The predicted octanol–water partition coefficient (Wildman–Crippen LogP) is 4.60. The Balaban J connectivity index is 2.16. The minimum absolute atomic E-state index is 0.0481. The van der Waals surface area contributed by atoms with E-state index < -0.39 is 17.7 Å². The Morgan fingerprint density at radius 3 is 2.40 bits per heavy atom. The number of rotatable bonds is 10. The molecule has 8 nitrogen and oxygen atoms in total. The number of aliphatic hydroxyl groups excluding tert-OH is 1. The molecule has 1 saturated heterocycles. The number of benzene rings is 2. The monoisotopic (exact) mass is 503 g/mol. The van der Waals surface area contributed by atoms with Crippen LogP contribution in [-0.4, -0.2) is 62.3 Å². The summed E-state index contributed by atoms with van der Waals surface area (Å²) >= 11 is 6.21. The number of hydrogen-bond donors (Lipinski definition) is 1. The molecule has 1 unspecified atom stereocenters. The Morgan fingerprint density at radius 1 is 1.06 bits per heavy atom. The number of methoxy groups -OCH3 is 3. The van der Waals surface area contributed by atoms with Crippen LogP contribution in [-0.2, 0) is 14.3 Å². The van der Waals surface area contributed by atoms with Crippen molar-refractivity contribution in [1.82, 2.24) is 4.90 Å². The fourth-order valence-corrected chi connectivity index (χ4v) is 4.24. The van der Waals surface area contributed by atoms with Crippen molar-refractivity contribution in [2.45, 2.75) is 32.4 Å². The van der Waals surface area contributed by atoms with Crippen LogP contribution in [0.2, 0.25) is 5.02 Å². The number of ether oxygens (including phenoxy) is 4. The van der Waals surface area contributed by atoms with Crippen molar-refractivity contribution < 1.29 is 33.6 Å². The van der Waals surface area contributed by atoms with Gasteiger partial charge in [0, 0.05) is 19.2 Å². The zero-order chi connectivity index (χ0) is 25.7. The molecule has 0 bridgehead atoms. The minimum atomic E-state index is -0.837. The normalized spacial score (nSPS) is 17.2. The highest BCUT2D eigenvalue weighted by atomic mass is 35.5. The van der Waals surface area contributed by atoms with Gasteiger partial charge >= 0.3 is 0 Å². The molecule has 1 aliphatic heterocycles. The molecular formula is C26H30ClNO7. The second-order valence-electron chi connectivity index (χ2n) is 8.23. The number of aliphatic hydroxyl groups is 1. The largest absolute Gasteiger partial charge is 0.507 e. The van der Waals surface area contributed by atoms with E-state index in [0.29, 0.717) is 24.3 Å². The fourth-order valence-electron chi connectivity index (χ4n) is 4.01. The molecule has 35 heavy (non-hydrogen) atoms. The summed E-state index contributed by atoms with van der Waals surface area (Å²) in [5.74, 6) is -0.813. The lowest BCUT2D eigenvalue weighted by atomic mass is 9.94. The van der Waals surface area contributed by atoms with E-state index in [-0.39, 0.29) is 46.1 Å². The number of Topliss-reactive ketones (excluding diaryl/α,β-unsaturated/α-hetero) is 1. The third-order valence-corrected chi connectivity index (χ3v) is 5.97. The van der Waals surface area contributed by atoms with Gasteiger partial charge in [0.15, 0.2) is 0 Å². The smallest absolute Gasteiger partial charge is 0.295 e. The number of likely N-dealkylation sites (tertiary alicyclic amines) is 1. The summed E-state index contributed by atoms with van der Waals surface area (Å²) in [6.07, 6.45) is 0.566. The molecule has 188 valence electrons. The molecule has 3 rings (SSSR count). The third-order valence-electron chi connectivity index (χ3n) is 5.67. The van der Waals surface area contributed by atoms with E-state index in [4.69, 9.17) is 30.5 Å². The van der Waals surface area contributed by atoms with Crippen molar-refractivity contribution in [3.63, 3.8) is 0 Å². The number of carbonyl (C=O) groups excluding carboxylic acids is 2. The highest BCUT2D eigenvalue weighted by molar-refractivity contribution is 6.46. The molecule has 1 fully saturated rings. The summed E-state index contributed by atoms with van der Waals surface area (Å²) in [5.41, 5.74) is 0.744. The van der Waals surface area contributed by atoms with Crippen molar-refractivity contribution in [1.29, 1.82) is 0 Å². The van der Waals surface area contributed by atoms with Gasteiger partial charge in [-0.15, -0.1) is 0 Å². The standard InChI is InChI=1S/C26H30ClNO7/c1-15(2)35-11-7-10-28-23(16-8-6-9-17(12-16)32-3)22(25(30)26(28)31)24(29)18-13-21(34-5)19(27)14-20(18)33-4/h6,8-9,12-15,23,29H,7,10-11H2,1-5H3/b24-22+. The van der Waals surface area contributed by atoms with Crippen LogP contribution in [0, 0.1) is 0 Å². The van der Waals surface area contributed by atoms with E-state index in [1.807, 2.05) is 13.8 Å². The van der Waals surface area contributed by atoms with Crippen LogP contribution >= 0.6 is 11.6 Å². The highest BCUT2D eigenvalue weighted by Crippen LogP contribution is 2.43. The van der Waals surface area contributed by atoms with Crippen molar-refractivity contribution >= 4 is 29.1 Å². The molecule has 0 radical (unpaired) electrons. The summed E-state index contributed by atoms with van der Waals surface area (Å²) < 4.78 is 21.6. The molecule has 0 spiro atoms. The number of amides is 1. The molecule has 2 aromatic carbocycles. The maximum absolute atomic E-state index is 13.3. The van der Waals surface area contributed by atoms with Gasteiger partial charge in [-0.25, -0.2) is 0 Å². The lowest BCUT2D eigenvalue weighted by Gasteiger charge is -2.26. The molecule has 0 saturated carbocycles. The predicted molar refractivity (Wildman–Crippen MR) is 132 cm³/mol. The average molecular weight is 504 g/mol. The van der Waals surface area contributed by atoms with Gasteiger partial charge in [0.05, 0.1) is 49.6 Å². The van der Waals surface area contributed by atoms with Gasteiger partial charge in [-0.2, -0.15) is 0 Å². The molecule has 1 atom stereocenters. The van der Waals surface area contributed by atoms with Crippen molar-refractivity contribution in [2.24, 2.45) is 0 Å². The maximum Gasteiger partial charge on any atom is 0.295 e. The molecule has 1 heterocycles. The van der Waals surface area contributed by atoms with Gasteiger partial charge in [0.1, 0.15) is 23.0 Å². The summed E-state index contributed by atoms with van der Waals surface area (Å²) in [4.78, 5) is 27.8. The SMILES string of the molecule is COc1cccc(C2/C(=C(\O)c3cc(OC)c(Cl)cc3OC)C(=O)C(=O)N2CCCOC(C)C)c1. The number of nitrogens with zero attached hydrogens (tertiary/aromatic N) is 1. The van der Waals surface area contributed by atoms with E-state index in [9.17, 15) is 14.7 Å². The Morgan fingerprint density at radius 2 is 1.77 bits per heavy atom. The molecule has 1 aliphatic rings. The Kier molecular flexibility index (Phi) is 8.64. The van der Waals surface area contributed by atoms with Crippen LogP contribution in [0.4, 0.5) is 0 Å². The molecule has 1 amide bonds. The van der Waals surface area contributed by atoms with Gasteiger partial charge < -0.3 is 29.0 Å². The van der Waals surface area contributed by atoms with Crippen LogP contribution in [0.15, 0.2) is 42.0 Å². The second kappa shape index (κ2) is 11.5. The second-order valence-corrected chi connectivity index (χ2v) is 8.64. The highest BCUT2D eigenvalue weighted by Gasteiger charge is 2.46. The van der Waals surface area contributed by atoms with Crippen molar-refractivity contribution in [3.05, 3.63) is 58.1 Å². The molecule has 1 N–H and O–H groups in total. The van der Waals surface area contributed by atoms with Crippen LogP contribution < -0.4 is 14.2 Å². The van der Waals surface area contributed by atoms with E-state index in [0.717, 1.165) is 0 Å². The van der Waals surface area contributed by atoms with E-state index in [2.05, 4.69) is 0 Å². The molecule has 0 aromatic heterocycles. The first-order valence-electron chi connectivity index (χ1n) is 11.2. The summed E-state index contributed by atoms with van der Waals surface area (Å²) in [6.45, 7) is 4.54. The van der Waals surface area contributed by atoms with Gasteiger partial charge in [-0.05, 0) is 44.0 Å². The number of ketones is 1. The number of halogens is 1. The maximum atomic E-state index is 13.3. The van der Waals surface area contributed by atoms with Gasteiger partial charge in [-0.1, -0.05) is 23.7 Å². The van der Waals surface area contributed by atoms with Crippen LogP contribution in [0.25, 0.3) is 5.76 Å². The Labute approximate surface area is 210 Å². The quantitative estimate of drug-likeness (QED) is 0.219. The van der Waals surface area contributed by atoms with Gasteiger partial charge in [0.25, 0.3) is 11.7 Å². The first-order valence-corrected chi connectivity index (χ1v) is 11.6. The van der Waals surface area contributed by atoms with Crippen molar-refractivity contribution in [3.8, 4) is 17.2 Å². The van der Waals surface area contributed by atoms with Gasteiger partial charge in [0.2, 0.25) is 0 Å². The number of carbonyl (C=O) groups is 2. The minimum Gasteiger partial charge on any atom is -0.507 e. The summed E-state index contributed by atoms with van der Waals surface area (Å²) in [6, 6.07) is 9.17. The van der Waals surface area contributed by atoms with E-state index in [1.165, 1.54) is 38.4 Å².